The molecule has 0 spiro atoms. The van der Waals surface area contributed by atoms with E-state index in [4.69, 9.17) is 4.74 Å². The number of pyridine rings is 1. The number of ether oxygens (including phenoxy) is 1. The number of para-hydroxylation sites is 1. The molecular formula is C34H33N5O4S. The van der Waals surface area contributed by atoms with E-state index in [-0.39, 0.29) is 17.4 Å². The van der Waals surface area contributed by atoms with Gasteiger partial charge in [0.2, 0.25) is 0 Å². The maximum atomic E-state index is 13.6. The number of aromatic carboxylic acids is 1. The van der Waals surface area contributed by atoms with Crippen LogP contribution in [0.2, 0.25) is 0 Å². The van der Waals surface area contributed by atoms with Gasteiger partial charge in [-0.3, -0.25) is 4.79 Å². The van der Waals surface area contributed by atoms with E-state index in [1.807, 2.05) is 56.6 Å². The monoisotopic (exact) mass is 607 g/mol. The lowest BCUT2D eigenvalue weighted by molar-refractivity contribution is 0.0685. The van der Waals surface area contributed by atoms with Gasteiger partial charge in [-0.1, -0.05) is 36.4 Å². The number of amides is 1. The molecule has 3 heterocycles. The quantitative estimate of drug-likeness (QED) is 0.190. The van der Waals surface area contributed by atoms with Crippen LogP contribution >= 0.6 is 11.3 Å². The number of carboxylic acids is 1. The van der Waals surface area contributed by atoms with Crippen molar-refractivity contribution in [1.29, 1.82) is 0 Å². The summed E-state index contributed by atoms with van der Waals surface area (Å²) in [4.78, 5) is 38.6. The van der Waals surface area contributed by atoms with Gasteiger partial charge in [0.05, 0.1) is 15.9 Å². The molecule has 0 radical (unpaired) electrons. The van der Waals surface area contributed by atoms with Gasteiger partial charge >= 0.3 is 5.97 Å². The zero-order valence-electron chi connectivity index (χ0n) is 24.6. The number of benzene rings is 3. The fourth-order valence-electron chi connectivity index (χ4n) is 5.28. The summed E-state index contributed by atoms with van der Waals surface area (Å²) in [5.74, 6) is -1.09. The number of aryl methyl sites for hydroxylation is 1. The summed E-state index contributed by atoms with van der Waals surface area (Å²) in [5, 5.41) is 13.7. The highest BCUT2D eigenvalue weighted by Gasteiger charge is 2.27. The lowest BCUT2D eigenvalue weighted by Gasteiger charge is -2.29. The first-order valence-electron chi connectivity index (χ1n) is 14.5. The van der Waals surface area contributed by atoms with E-state index in [9.17, 15) is 14.7 Å². The van der Waals surface area contributed by atoms with E-state index in [0.717, 1.165) is 51.1 Å². The van der Waals surface area contributed by atoms with Crippen molar-refractivity contribution in [3.8, 4) is 17.0 Å². The Labute approximate surface area is 259 Å². The van der Waals surface area contributed by atoms with Crippen molar-refractivity contribution in [3.05, 3.63) is 101 Å². The van der Waals surface area contributed by atoms with Gasteiger partial charge in [-0.15, -0.1) is 11.3 Å². The lowest BCUT2D eigenvalue weighted by Crippen LogP contribution is -2.35. The van der Waals surface area contributed by atoms with Crippen LogP contribution in [-0.4, -0.2) is 60.7 Å². The molecule has 2 N–H and O–H groups in total. The highest BCUT2D eigenvalue weighted by molar-refractivity contribution is 7.20. The number of carbonyl (C=O) groups is 2. The summed E-state index contributed by atoms with van der Waals surface area (Å²) in [7, 11) is 4.01. The van der Waals surface area contributed by atoms with Crippen LogP contribution in [0.1, 0.15) is 37.8 Å². The molecule has 0 bridgehead atoms. The number of thiazole rings is 1. The second-order valence-electron chi connectivity index (χ2n) is 10.8. The number of fused-ring (bicyclic) bond motifs is 2. The number of hydrogen-bond donors (Lipinski definition) is 2. The first-order valence-corrected chi connectivity index (χ1v) is 15.3. The maximum Gasteiger partial charge on any atom is 0.358 e. The highest BCUT2D eigenvalue weighted by atomic mass is 32.1. The van der Waals surface area contributed by atoms with Gasteiger partial charge in [-0.25, -0.2) is 14.8 Å². The Bertz CT molecular complexity index is 1790. The first-order chi connectivity index (χ1) is 21.4. The van der Waals surface area contributed by atoms with Crippen molar-refractivity contribution in [2.45, 2.75) is 19.4 Å². The average Bonchev–Trinajstić information content (AvgIpc) is 3.48. The van der Waals surface area contributed by atoms with Crippen molar-refractivity contribution in [2.24, 2.45) is 0 Å². The molecule has 1 aliphatic heterocycles. The van der Waals surface area contributed by atoms with Gasteiger partial charge in [0.1, 0.15) is 6.61 Å². The van der Waals surface area contributed by atoms with E-state index in [1.54, 1.807) is 17.0 Å². The number of aromatic nitrogens is 2. The first kappa shape index (κ1) is 29.3. The fraction of sp³-hybridized carbons (Fsp3) is 0.235. The Kier molecular flexibility index (Phi) is 8.53. The number of rotatable bonds is 10. The Morgan fingerprint density at radius 3 is 2.61 bits per heavy atom. The molecule has 0 atom stereocenters. The molecule has 0 aliphatic carbocycles. The second-order valence-corrected chi connectivity index (χ2v) is 11.9. The van der Waals surface area contributed by atoms with Crippen molar-refractivity contribution >= 4 is 44.8 Å². The third-order valence-corrected chi connectivity index (χ3v) is 8.63. The van der Waals surface area contributed by atoms with Crippen LogP contribution in [0.5, 0.6) is 5.75 Å². The minimum atomic E-state index is -1.17. The largest absolute Gasteiger partial charge is 0.490 e. The van der Waals surface area contributed by atoms with Crippen LogP contribution < -0.4 is 19.9 Å². The van der Waals surface area contributed by atoms with Crippen LogP contribution in [0.3, 0.4) is 0 Å². The standard InChI is InChI=1S/C34H33N5O4S/c1-38(2)25-13-9-22(10-14-25)21-35-17-19-43-29-16-15-26(36-31(29)34(41)42)24-12-11-23-6-5-18-39(28(23)20-24)33(40)32-37-27-7-3-4-8-30(27)44-32/h3-4,7-16,20,35H,5-6,17-19,21H2,1-2H3,(H,41,42). The van der Waals surface area contributed by atoms with Crippen LogP contribution in [0, 0.1) is 0 Å². The summed E-state index contributed by atoms with van der Waals surface area (Å²) in [6.07, 6.45) is 1.71. The minimum absolute atomic E-state index is 0.133. The summed E-state index contributed by atoms with van der Waals surface area (Å²) in [5.41, 5.74) is 6.04. The normalized spacial score (nSPS) is 12.6. The molecule has 0 saturated heterocycles. The average molecular weight is 608 g/mol. The van der Waals surface area contributed by atoms with Crippen molar-refractivity contribution < 1.29 is 19.4 Å². The van der Waals surface area contributed by atoms with Crippen molar-refractivity contribution in [2.75, 3.05) is 43.6 Å². The summed E-state index contributed by atoms with van der Waals surface area (Å²) < 4.78 is 6.79. The fourth-order valence-corrected chi connectivity index (χ4v) is 6.19. The third-order valence-electron chi connectivity index (χ3n) is 7.60. The molecule has 0 unspecified atom stereocenters. The molecular weight excluding hydrogens is 574 g/mol. The number of nitrogens with one attached hydrogen (secondary N) is 1. The Morgan fingerprint density at radius 2 is 1.84 bits per heavy atom. The van der Waals surface area contributed by atoms with Gasteiger partial charge < -0.3 is 25.0 Å². The van der Waals surface area contributed by atoms with Gasteiger partial charge in [0.25, 0.3) is 5.91 Å². The van der Waals surface area contributed by atoms with Crippen molar-refractivity contribution in [1.82, 2.24) is 15.3 Å². The number of nitrogens with zero attached hydrogens (tertiary/aromatic N) is 4. The smallest absolute Gasteiger partial charge is 0.358 e. The molecule has 1 amide bonds. The maximum absolute atomic E-state index is 13.6. The number of carboxylic acid groups (broad SMARTS) is 1. The highest BCUT2D eigenvalue weighted by Crippen LogP contribution is 2.34. The molecule has 224 valence electrons. The SMILES string of the molecule is CN(C)c1ccc(CNCCOc2ccc(-c3ccc4c(c3)N(C(=O)c3nc5ccccc5s3)CCC4)nc2C(=O)O)cc1. The summed E-state index contributed by atoms with van der Waals surface area (Å²) in [6.45, 7) is 2.09. The molecule has 3 aromatic carbocycles. The van der Waals surface area contributed by atoms with Crippen LogP contribution in [0.25, 0.3) is 21.5 Å². The van der Waals surface area contributed by atoms with Gasteiger partial charge in [0, 0.05) is 50.7 Å². The summed E-state index contributed by atoms with van der Waals surface area (Å²) >= 11 is 1.39. The van der Waals surface area contributed by atoms with Gasteiger partial charge in [-0.2, -0.15) is 0 Å². The number of anilines is 2. The Balaban J connectivity index is 1.15. The molecule has 2 aromatic heterocycles. The summed E-state index contributed by atoms with van der Waals surface area (Å²) in [6, 6.07) is 25.3. The minimum Gasteiger partial charge on any atom is -0.490 e. The molecule has 0 saturated carbocycles. The Morgan fingerprint density at radius 1 is 1.02 bits per heavy atom. The molecule has 0 fully saturated rings. The second kappa shape index (κ2) is 12.8. The van der Waals surface area contributed by atoms with E-state index in [0.29, 0.717) is 36.9 Å². The predicted molar refractivity (Wildman–Crippen MR) is 174 cm³/mol. The van der Waals surface area contributed by atoms with Crippen LogP contribution in [0.15, 0.2) is 78.9 Å². The molecule has 5 aromatic rings. The molecule has 1 aliphatic rings. The van der Waals surface area contributed by atoms with E-state index < -0.39 is 5.97 Å². The lowest BCUT2D eigenvalue weighted by atomic mass is 9.98. The number of carbonyl (C=O) groups excluding carboxylic acids is 1. The van der Waals surface area contributed by atoms with Crippen molar-refractivity contribution in [3.63, 3.8) is 0 Å². The van der Waals surface area contributed by atoms with E-state index in [1.165, 1.54) is 11.3 Å². The van der Waals surface area contributed by atoms with E-state index >= 15 is 0 Å². The molecule has 9 nitrogen and oxygen atoms in total. The van der Waals surface area contributed by atoms with Crippen LogP contribution in [0.4, 0.5) is 11.4 Å². The Hall–Kier alpha value is -4.80. The molecule has 44 heavy (non-hydrogen) atoms. The van der Waals surface area contributed by atoms with Gasteiger partial charge in [-0.05, 0) is 66.4 Å². The zero-order chi connectivity index (χ0) is 30.6. The molecule has 6 rings (SSSR count). The zero-order valence-corrected chi connectivity index (χ0v) is 25.4. The number of hydrogen-bond acceptors (Lipinski definition) is 8. The van der Waals surface area contributed by atoms with Gasteiger partial charge in [0.15, 0.2) is 16.5 Å². The third kappa shape index (κ3) is 6.27. The van der Waals surface area contributed by atoms with Crippen LogP contribution in [-0.2, 0) is 13.0 Å². The van der Waals surface area contributed by atoms with E-state index in [2.05, 4.69) is 44.5 Å². The predicted octanol–water partition coefficient (Wildman–Crippen LogP) is 5.88. The molecule has 10 heteroatoms. The topological polar surface area (TPSA) is 108 Å².